The molecule has 5 heteroatoms. The average molecular weight is 717 g/mol. The van der Waals surface area contributed by atoms with E-state index in [2.05, 4.69) is 126 Å². The molecule has 0 spiro atoms. The maximum Gasteiger partial charge on any atom is 0.164 e. The lowest BCUT2D eigenvalue weighted by molar-refractivity contribution is 0.669. The molecular formula is C51H32N4O. The normalized spacial score (nSPS) is 11.6. The minimum atomic E-state index is 0.602. The molecule has 0 N–H and O–H groups in total. The molecule has 3 heterocycles. The summed E-state index contributed by atoms with van der Waals surface area (Å²) in [5, 5.41) is 9.12. The van der Waals surface area contributed by atoms with Gasteiger partial charge in [-0.3, -0.25) is 0 Å². The van der Waals surface area contributed by atoms with Crippen LogP contribution < -0.4 is 0 Å². The molecule has 8 aromatic carbocycles. The van der Waals surface area contributed by atoms with Gasteiger partial charge in [0, 0.05) is 43.9 Å². The van der Waals surface area contributed by atoms with Gasteiger partial charge in [-0.05, 0) is 70.1 Å². The number of hydrogen-bond donors (Lipinski definition) is 0. The Morgan fingerprint density at radius 1 is 0.304 bits per heavy atom. The molecule has 262 valence electrons. The van der Waals surface area contributed by atoms with Crippen LogP contribution >= 0.6 is 0 Å². The maximum atomic E-state index is 6.50. The summed E-state index contributed by atoms with van der Waals surface area (Å²) in [5.74, 6) is 1.86. The number of hydrogen-bond acceptors (Lipinski definition) is 4. The SMILES string of the molecule is c1ccc(-c2nc(-c3ccccc3)nc(-c3ccc4oc5ccc(-n6c7ccccc7c7ccccc7c7ccccc7c7ccccc76)cc5c4c3)n2)cc1. The summed E-state index contributed by atoms with van der Waals surface area (Å²) in [6, 6.07) is 67.8. The molecule has 0 atom stereocenters. The van der Waals surface area contributed by atoms with E-state index in [1.807, 2.05) is 72.8 Å². The van der Waals surface area contributed by atoms with Gasteiger partial charge in [-0.15, -0.1) is 0 Å². The lowest BCUT2D eigenvalue weighted by atomic mass is 10.0. The summed E-state index contributed by atoms with van der Waals surface area (Å²) in [7, 11) is 0. The van der Waals surface area contributed by atoms with E-state index in [9.17, 15) is 0 Å². The van der Waals surface area contributed by atoms with Crippen molar-refractivity contribution in [1.29, 1.82) is 0 Å². The third-order valence-electron chi connectivity index (χ3n) is 10.7. The van der Waals surface area contributed by atoms with Crippen LogP contribution in [0.15, 0.2) is 199 Å². The van der Waals surface area contributed by atoms with Crippen LogP contribution in [0.25, 0.3) is 105 Å². The van der Waals surface area contributed by atoms with E-state index in [0.29, 0.717) is 17.5 Å². The first-order valence-corrected chi connectivity index (χ1v) is 18.8. The Morgan fingerprint density at radius 2 is 0.696 bits per heavy atom. The summed E-state index contributed by atoms with van der Waals surface area (Å²) >= 11 is 0. The van der Waals surface area contributed by atoms with Gasteiger partial charge in [-0.1, -0.05) is 146 Å². The van der Waals surface area contributed by atoms with E-state index < -0.39 is 0 Å². The lowest BCUT2D eigenvalue weighted by Crippen LogP contribution is -2.00. The zero-order valence-corrected chi connectivity index (χ0v) is 30.2. The monoisotopic (exact) mass is 716 g/mol. The van der Waals surface area contributed by atoms with Crippen LogP contribution in [0.5, 0.6) is 0 Å². The predicted octanol–water partition coefficient (Wildman–Crippen LogP) is 13.3. The standard InChI is InChI=1S/C51H32N4O/c1-3-15-33(16-4-1)49-52-50(34-17-5-2-6-18-34)54-51(53-49)35-27-29-47-43(31-35)44-32-36(28-30-48(44)56-47)55-45-25-13-11-23-41(45)39-21-9-7-19-37(39)38-20-8-10-22-40(38)42-24-12-14-26-46(42)55/h1-32H. The van der Waals surface area contributed by atoms with Crippen molar-refractivity contribution in [2.24, 2.45) is 0 Å². The number of aromatic nitrogens is 4. The minimum absolute atomic E-state index is 0.602. The van der Waals surface area contributed by atoms with E-state index in [1.165, 1.54) is 21.5 Å². The van der Waals surface area contributed by atoms with Gasteiger partial charge in [0.1, 0.15) is 11.2 Å². The van der Waals surface area contributed by atoms with Gasteiger partial charge < -0.3 is 8.98 Å². The van der Waals surface area contributed by atoms with Gasteiger partial charge in [-0.2, -0.15) is 0 Å². The second kappa shape index (κ2) is 13.0. The fourth-order valence-corrected chi connectivity index (χ4v) is 8.09. The van der Waals surface area contributed by atoms with Gasteiger partial charge in [0.25, 0.3) is 0 Å². The second-order valence-electron chi connectivity index (χ2n) is 14.0. The first-order valence-electron chi connectivity index (χ1n) is 18.8. The van der Waals surface area contributed by atoms with Crippen molar-refractivity contribution < 1.29 is 4.42 Å². The van der Waals surface area contributed by atoms with E-state index in [0.717, 1.165) is 66.1 Å². The number of nitrogens with zero attached hydrogens (tertiary/aromatic N) is 4. The fourth-order valence-electron chi connectivity index (χ4n) is 8.09. The largest absolute Gasteiger partial charge is 0.456 e. The molecular weight excluding hydrogens is 685 g/mol. The minimum Gasteiger partial charge on any atom is -0.456 e. The number of para-hydroxylation sites is 2. The zero-order chi connectivity index (χ0) is 37.0. The van der Waals surface area contributed by atoms with Crippen LogP contribution in [-0.4, -0.2) is 19.5 Å². The maximum absolute atomic E-state index is 6.50. The molecule has 3 aromatic heterocycles. The molecule has 0 aliphatic carbocycles. The molecule has 0 aliphatic heterocycles. The molecule has 0 radical (unpaired) electrons. The van der Waals surface area contributed by atoms with Crippen LogP contribution in [0, 0.1) is 0 Å². The number of rotatable bonds is 4. The van der Waals surface area contributed by atoms with Gasteiger partial charge in [0.05, 0.1) is 11.0 Å². The zero-order valence-electron chi connectivity index (χ0n) is 30.2. The Hall–Kier alpha value is -7.63. The van der Waals surface area contributed by atoms with Crippen molar-refractivity contribution in [1.82, 2.24) is 19.5 Å². The average Bonchev–Trinajstić information content (AvgIpc) is 3.66. The Morgan fingerprint density at radius 3 is 1.21 bits per heavy atom. The van der Waals surface area contributed by atoms with Crippen molar-refractivity contribution in [3.8, 4) is 39.9 Å². The summed E-state index contributed by atoms with van der Waals surface area (Å²) in [6.45, 7) is 0. The van der Waals surface area contributed by atoms with E-state index in [-0.39, 0.29) is 0 Å². The smallest absolute Gasteiger partial charge is 0.164 e. The highest BCUT2D eigenvalue weighted by Crippen LogP contribution is 2.37. The van der Waals surface area contributed by atoms with Crippen LogP contribution in [0.4, 0.5) is 0 Å². The Kier molecular flexibility index (Phi) is 7.42. The van der Waals surface area contributed by atoms with Crippen molar-refractivity contribution >= 4 is 65.3 Å². The van der Waals surface area contributed by atoms with Crippen molar-refractivity contribution in [2.45, 2.75) is 0 Å². The number of benzene rings is 8. The number of furan rings is 1. The summed E-state index contributed by atoms with van der Waals surface area (Å²) in [4.78, 5) is 14.9. The van der Waals surface area contributed by atoms with Crippen LogP contribution in [0.3, 0.4) is 0 Å². The van der Waals surface area contributed by atoms with Gasteiger partial charge >= 0.3 is 0 Å². The number of fused-ring (bicyclic) bond motifs is 10. The van der Waals surface area contributed by atoms with Crippen molar-refractivity contribution in [3.05, 3.63) is 194 Å². The first-order chi connectivity index (χ1) is 27.8. The molecule has 0 saturated carbocycles. The van der Waals surface area contributed by atoms with Gasteiger partial charge in [0.2, 0.25) is 0 Å². The predicted molar refractivity (Wildman–Crippen MR) is 230 cm³/mol. The Bertz CT molecular complexity index is 3200. The van der Waals surface area contributed by atoms with E-state index in [1.54, 1.807) is 0 Å². The van der Waals surface area contributed by atoms with Gasteiger partial charge in [-0.25, -0.2) is 15.0 Å². The van der Waals surface area contributed by atoms with Crippen molar-refractivity contribution in [2.75, 3.05) is 0 Å². The second-order valence-corrected chi connectivity index (χ2v) is 14.0. The summed E-state index contributed by atoms with van der Waals surface area (Å²) in [5.41, 5.74) is 7.59. The molecule has 0 aliphatic rings. The summed E-state index contributed by atoms with van der Waals surface area (Å²) in [6.07, 6.45) is 0. The molecule has 0 saturated heterocycles. The molecule has 0 amide bonds. The highest BCUT2D eigenvalue weighted by molar-refractivity contribution is 6.19. The molecule has 0 fully saturated rings. The molecule has 56 heavy (non-hydrogen) atoms. The highest BCUT2D eigenvalue weighted by Gasteiger charge is 2.16. The van der Waals surface area contributed by atoms with E-state index in [4.69, 9.17) is 19.4 Å². The van der Waals surface area contributed by atoms with Crippen LogP contribution in [-0.2, 0) is 0 Å². The molecule has 5 nitrogen and oxygen atoms in total. The Balaban J connectivity index is 1.19. The summed E-state index contributed by atoms with van der Waals surface area (Å²) < 4.78 is 8.90. The topological polar surface area (TPSA) is 56.7 Å². The molecule has 0 unspecified atom stereocenters. The van der Waals surface area contributed by atoms with Crippen LogP contribution in [0.1, 0.15) is 0 Å². The van der Waals surface area contributed by atoms with Crippen molar-refractivity contribution in [3.63, 3.8) is 0 Å². The molecule has 11 aromatic rings. The third kappa shape index (κ3) is 5.29. The Labute approximate surface area is 322 Å². The van der Waals surface area contributed by atoms with Gasteiger partial charge in [0.15, 0.2) is 17.5 Å². The highest BCUT2D eigenvalue weighted by atomic mass is 16.3. The fraction of sp³-hybridized carbons (Fsp3) is 0. The quantitative estimate of drug-likeness (QED) is 0.182. The lowest BCUT2D eigenvalue weighted by Gasteiger charge is -2.14. The van der Waals surface area contributed by atoms with Crippen LogP contribution in [0.2, 0.25) is 0 Å². The molecule has 0 bridgehead atoms. The molecule has 11 rings (SSSR count). The third-order valence-corrected chi connectivity index (χ3v) is 10.7. The van der Waals surface area contributed by atoms with E-state index >= 15 is 0 Å². The first kappa shape index (κ1) is 31.9.